The number of piperidine rings is 1. The van der Waals surface area contributed by atoms with Gasteiger partial charge in [0.2, 0.25) is 11.8 Å². The van der Waals surface area contributed by atoms with Crippen molar-refractivity contribution in [2.75, 3.05) is 27.2 Å². The van der Waals surface area contributed by atoms with E-state index < -0.39 is 0 Å². The molecule has 2 saturated carbocycles. The van der Waals surface area contributed by atoms with Gasteiger partial charge in [0.1, 0.15) is 0 Å². The molecule has 2 atom stereocenters. The Kier molecular flexibility index (Phi) is 4.95. The predicted molar refractivity (Wildman–Crippen MR) is 89.5 cm³/mol. The molecule has 3 rings (SSSR count). The van der Waals surface area contributed by atoms with Crippen LogP contribution in [0.1, 0.15) is 44.9 Å². The molecule has 5 nitrogen and oxygen atoms in total. The highest BCUT2D eigenvalue weighted by atomic mass is 16.2. The van der Waals surface area contributed by atoms with E-state index in [0.29, 0.717) is 23.8 Å². The molecule has 3 aliphatic rings. The Bertz CT molecular complexity index is 443. The van der Waals surface area contributed by atoms with Crippen LogP contribution in [0.2, 0.25) is 0 Å². The van der Waals surface area contributed by atoms with Gasteiger partial charge in [-0.3, -0.25) is 9.59 Å². The number of rotatable bonds is 2. The van der Waals surface area contributed by atoms with Crippen LogP contribution in [0.15, 0.2) is 0 Å². The fourth-order valence-electron chi connectivity index (χ4n) is 4.96. The van der Waals surface area contributed by atoms with E-state index in [1.807, 2.05) is 19.0 Å². The van der Waals surface area contributed by atoms with Gasteiger partial charge < -0.3 is 15.5 Å². The second-order valence-corrected chi connectivity index (χ2v) is 8.03. The van der Waals surface area contributed by atoms with Crippen LogP contribution < -0.4 is 5.73 Å². The highest BCUT2D eigenvalue weighted by molar-refractivity contribution is 5.81. The summed E-state index contributed by atoms with van der Waals surface area (Å²) in [6.07, 6.45) is 7.24. The molecule has 0 aromatic carbocycles. The summed E-state index contributed by atoms with van der Waals surface area (Å²) in [5.41, 5.74) is 6.34. The van der Waals surface area contributed by atoms with Crippen LogP contribution in [0, 0.1) is 23.7 Å². The van der Waals surface area contributed by atoms with E-state index in [0.717, 1.165) is 38.8 Å². The van der Waals surface area contributed by atoms with Crippen molar-refractivity contribution in [3.63, 3.8) is 0 Å². The van der Waals surface area contributed by atoms with Crippen LogP contribution in [0.3, 0.4) is 0 Å². The number of hydrogen-bond acceptors (Lipinski definition) is 3. The second-order valence-electron chi connectivity index (χ2n) is 8.03. The van der Waals surface area contributed by atoms with Crippen molar-refractivity contribution in [1.82, 2.24) is 9.80 Å². The number of fused-ring (bicyclic) bond motifs is 2. The quantitative estimate of drug-likeness (QED) is 0.837. The number of carbonyl (C=O) groups excluding carboxylic acids is 2. The normalized spacial score (nSPS) is 35.0. The SMILES string of the molecule is CN(C)C(=O)C1CCN(C(=O)C2CC3CCCC(C2)C3N)CC1. The van der Waals surface area contributed by atoms with E-state index >= 15 is 0 Å². The topological polar surface area (TPSA) is 66.6 Å². The minimum absolute atomic E-state index is 0.0909. The van der Waals surface area contributed by atoms with Crippen LogP contribution in [-0.4, -0.2) is 54.8 Å². The smallest absolute Gasteiger partial charge is 0.225 e. The van der Waals surface area contributed by atoms with Gasteiger partial charge in [-0.15, -0.1) is 0 Å². The summed E-state index contributed by atoms with van der Waals surface area (Å²) >= 11 is 0. The maximum absolute atomic E-state index is 12.9. The van der Waals surface area contributed by atoms with Crippen LogP contribution in [0.4, 0.5) is 0 Å². The van der Waals surface area contributed by atoms with E-state index in [1.54, 1.807) is 4.90 Å². The molecule has 130 valence electrons. The highest BCUT2D eigenvalue weighted by Crippen LogP contribution is 2.42. The van der Waals surface area contributed by atoms with Crippen molar-refractivity contribution < 1.29 is 9.59 Å². The minimum Gasteiger partial charge on any atom is -0.349 e. The first-order valence-electron chi connectivity index (χ1n) is 9.23. The number of hydrogen-bond donors (Lipinski definition) is 1. The van der Waals surface area contributed by atoms with Gasteiger partial charge in [-0.25, -0.2) is 0 Å². The van der Waals surface area contributed by atoms with Gasteiger partial charge in [0.05, 0.1) is 0 Å². The van der Waals surface area contributed by atoms with Gasteiger partial charge >= 0.3 is 0 Å². The summed E-state index contributed by atoms with van der Waals surface area (Å²) in [5, 5.41) is 0. The Morgan fingerprint density at radius 3 is 2.04 bits per heavy atom. The van der Waals surface area contributed by atoms with Gasteiger partial charge in [0, 0.05) is 45.1 Å². The Balaban J connectivity index is 1.55. The second kappa shape index (κ2) is 6.80. The molecule has 5 heteroatoms. The number of carbonyl (C=O) groups is 2. The van der Waals surface area contributed by atoms with Crippen molar-refractivity contribution in [3.8, 4) is 0 Å². The van der Waals surface area contributed by atoms with Gasteiger partial charge in [0.15, 0.2) is 0 Å². The molecule has 2 bridgehead atoms. The summed E-state index contributed by atoms with van der Waals surface area (Å²) in [6.45, 7) is 1.47. The molecule has 1 aliphatic heterocycles. The lowest BCUT2D eigenvalue weighted by atomic mass is 9.65. The molecule has 0 aromatic heterocycles. The average molecular weight is 321 g/mol. The third-order valence-electron chi connectivity index (χ3n) is 6.36. The zero-order valence-electron chi connectivity index (χ0n) is 14.5. The fourth-order valence-corrected chi connectivity index (χ4v) is 4.96. The van der Waals surface area contributed by atoms with Crippen molar-refractivity contribution in [2.45, 2.75) is 51.0 Å². The molecule has 23 heavy (non-hydrogen) atoms. The molecule has 0 aromatic rings. The molecular formula is C18H31N3O2. The molecule has 2 N–H and O–H groups in total. The maximum Gasteiger partial charge on any atom is 0.225 e. The lowest BCUT2D eigenvalue weighted by Gasteiger charge is -2.45. The summed E-state index contributed by atoms with van der Waals surface area (Å²) in [7, 11) is 3.62. The standard InChI is InChI=1S/C18H31N3O2/c1-20(2)17(22)12-6-8-21(9-7-12)18(23)15-10-13-4-3-5-14(11-15)16(13)19/h12-16H,3-11,19H2,1-2H3. The molecule has 0 radical (unpaired) electrons. The number of likely N-dealkylation sites (tertiary alicyclic amines) is 1. The predicted octanol–water partition coefficient (Wildman–Crippen LogP) is 1.47. The number of amides is 2. The molecule has 2 aliphatic carbocycles. The van der Waals surface area contributed by atoms with E-state index in [2.05, 4.69) is 0 Å². The lowest BCUT2D eigenvalue weighted by molar-refractivity contribution is -0.143. The Morgan fingerprint density at radius 2 is 1.52 bits per heavy atom. The van der Waals surface area contributed by atoms with Gasteiger partial charge in [-0.1, -0.05) is 6.42 Å². The van der Waals surface area contributed by atoms with Crippen molar-refractivity contribution >= 4 is 11.8 Å². The summed E-state index contributed by atoms with van der Waals surface area (Å²) in [5.74, 6) is 1.88. The van der Waals surface area contributed by atoms with E-state index in [1.165, 1.54) is 19.3 Å². The molecule has 3 fully saturated rings. The largest absolute Gasteiger partial charge is 0.349 e. The van der Waals surface area contributed by atoms with Gasteiger partial charge in [-0.05, 0) is 50.4 Å². The zero-order chi connectivity index (χ0) is 16.6. The van der Waals surface area contributed by atoms with Gasteiger partial charge in [0.25, 0.3) is 0 Å². The van der Waals surface area contributed by atoms with Crippen LogP contribution in [0.25, 0.3) is 0 Å². The first-order valence-corrected chi connectivity index (χ1v) is 9.23. The van der Waals surface area contributed by atoms with E-state index in [-0.39, 0.29) is 17.7 Å². The Hall–Kier alpha value is -1.10. The molecule has 1 heterocycles. The van der Waals surface area contributed by atoms with Crippen molar-refractivity contribution in [2.24, 2.45) is 29.4 Å². The van der Waals surface area contributed by atoms with Crippen LogP contribution in [-0.2, 0) is 9.59 Å². The number of nitrogens with zero attached hydrogens (tertiary/aromatic N) is 2. The van der Waals surface area contributed by atoms with E-state index in [4.69, 9.17) is 5.73 Å². The Labute approximate surface area is 139 Å². The average Bonchev–Trinajstić information content (AvgIpc) is 2.53. The van der Waals surface area contributed by atoms with Crippen LogP contribution >= 0.6 is 0 Å². The summed E-state index contributed by atoms with van der Waals surface area (Å²) in [6, 6.07) is 0.316. The highest BCUT2D eigenvalue weighted by Gasteiger charge is 2.42. The Morgan fingerprint density at radius 1 is 0.957 bits per heavy atom. The minimum atomic E-state index is 0.0909. The number of nitrogens with two attached hydrogens (primary N) is 1. The molecule has 2 amide bonds. The lowest BCUT2D eigenvalue weighted by Crippen LogP contribution is -2.51. The molecular weight excluding hydrogens is 290 g/mol. The van der Waals surface area contributed by atoms with Crippen LogP contribution in [0.5, 0.6) is 0 Å². The first kappa shape index (κ1) is 16.7. The molecule has 0 spiro atoms. The van der Waals surface area contributed by atoms with Gasteiger partial charge in [-0.2, -0.15) is 0 Å². The van der Waals surface area contributed by atoms with Crippen molar-refractivity contribution in [3.05, 3.63) is 0 Å². The first-order chi connectivity index (χ1) is 11.0. The third-order valence-corrected chi connectivity index (χ3v) is 6.36. The summed E-state index contributed by atoms with van der Waals surface area (Å²) in [4.78, 5) is 28.6. The van der Waals surface area contributed by atoms with Crippen molar-refractivity contribution in [1.29, 1.82) is 0 Å². The summed E-state index contributed by atoms with van der Waals surface area (Å²) < 4.78 is 0. The fraction of sp³-hybridized carbons (Fsp3) is 0.889. The van der Waals surface area contributed by atoms with E-state index in [9.17, 15) is 9.59 Å². The monoisotopic (exact) mass is 321 g/mol. The zero-order valence-corrected chi connectivity index (χ0v) is 14.5. The maximum atomic E-state index is 12.9. The molecule has 1 saturated heterocycles. The third kappa shape index (κ3) is 3.39. The molecule has 2 unspecified atom stereocenters.